The number of rotatable bonds is 5. The van der Waals surface area contributed by atoms with Crippen LogP contribution >= 0.6 is 23.2 Å². The number of nitrogens with one attached hydrogen (secondary N) is 2. The van der Waals surface area contributed by atoms with Gasteiger partial charge in [0.1, 0.15) is 6.04 Å². The molecule has 0 saturated carbocycles. The highest BCUT2D eigenvalue weighted by Gasteiger charge is 2.33. The molecular weight excluding hydrogens is 451 g/mol. The van der Waals surface area contributed by atoms with Gasteiger partial charge in [0.2, 0.25) is 0 Å². The van der Waals surface area contributed by atoms with Crippen molar-refractivity contribution in [1.29, 1.82) is 0 Å². The number of aliphatic imine (C=N–C) groups is 1. The molecule has 3 aromatic carbocycles. The molecule has 0 bridgehead atoms. The quantitative estimate of drug-likeness (QED) is 0.372. The predicted molar refractivity (Wildman–Crippen MR) is 141 cm³/mol. The Hall–Kier alpha value is -3.21. The zero-order valence-electron chi connectivity index (χ0n) is 18.2. The van der Waals surface area contributed by atoms with Gasteiger partial charge in [0.25, 0.3) is 0 Å². The van der Waals surface area contributed by atoms with Crippen LogP contribution in [-0.2, 0) is 0 Å². The molecule has 2 aliphatic rings. The van der Waals surface area contributed by atoms with Gasteiger partial charge >= 0.3 is 0 Å². The van der Waals surface area contributed by atoms with E-state index in [0.717, 1.165) is 45.6 Å². The van der Waals surface area contributed by atoms with E-state index in [9.17, 15) is 0 Å². The lowest BCUT2D eigenvalue weighted by Crippen LogP contribution is -2.40. The Labute approximate surface area is 204 Å². The van der Waals surface area contributed by atoms with Gasteiger partial charge in [0.05, 0.1) is 17.4 Å². The minimum Gasteiger partial charge on any atom is -0.372 e. The summed E-state index contributed by atoms with van der Waals surface area (Å²) in [6.07, 6.45) is 7.29. The summed E-state index contributed by atoms with van der Waals surface area (Å²) in [5.74, 6) is 0. The molecular formula is C27H24Cl2N4. The van der Waals surface area contributed by atoms with E-state index in [1.807, 2.05) is 48.7 Å². The second-order valence-electron chi connectivity index (χ2n) is 7.98. The second kappa shape index (κ2) is 9.34. The molecule has 1 unspecified atom stereocenters. The van der Waals surface area contributed by atoms with Gasteiger partial charge in [-0.3, -0.25) is 4.99 Å². The number of hydrogen-bond acceptors (Lipinski definition) is 4. The Kier molecular flexibility index (Phi) is 6.12. The highest BCUT2D eigenvalue weighted by Crippen LogP contribution is 2.43. The molecule has 0 spiro atoms. The van der Waals surface area contributed by atoms with E-state index in [1.54, 1.807) is 0 Å². The van der Waals surface area contributed by atoms with Crippen molar-refractivity contribution in [3.63, 3.8) is 0 Å². The van der Waals surface area contributed by atoms with E-state index < -0.39 is 0 Å². The van der Waals surface area contributed by atoms with Crippen LogP contribution in [0.15, 0.2) is 101 Å². The first-order chi connectivity index (χ1) is 16.1. The molecule has 1 aliphatic carbocycles. The van der Waals surface area contributed by atoms with Crippen LogP contribution in [0, 0.1) is 0 Å². The van der Waals surface area contributed by atoms with Crippen molar-refractivity contribution in [2.45, 2.75) is 25.4 Å². The molecule has 33 heavy (non-hydrogen) atoms. The molecule has 0 fully saturated rings. The van der Waals surface area contributed by atoms with E-state index >= 15 is 0 Å². The summed E-state index contributed by atoms with van der Waals surface area (Å²) < 4.78 is 0. The van der Waals surface area contributed by atoms with E-state index in [1.165, 1.54) is 0 Å². The average molecular weight is 475 g/mol. The lowest BCUT2D eigenvalue weighted by Gasteiger charge is -2.41. The van der Waals surface area contributed by atoms with Gasteiger partial charge in [-0.2, -0.15) is 0 Å². The zero-order valence-corrected chi connectivity index (χ0v) is 19.7. The molecule has 0 amide bonds. The molecule has 1 aliphatic heterocycles. The SMILES string of the molecule is CC/C=N/[C@@H]1C=C2C(C=C1Nc1ccc(Cl)cc1)Nc1ccccc1N2c1ccc(Cl)cc1. The highest BCUT2D eigenvalue weighted by molar-refractivity contribution is 6.30. The third kappa shape index (κ3) is 4.50. The monoisotopic (exact) mass is 474 g/mol. The third-order valence-corrected chi connectivity index (χ3v) is 6.20. The maximum absolute atomic E-state index is 6.18. The van der Waals surface area contributed by atoms with Gasteiger partial charge in [0.15, 0.2) is 0 Å². The van der Waals surface area contributed by atoms with Crippen molar-refractivity contribution in [3.8, 4) is 0 Å². The first kappa shape index (κ1) is 21.6. The van der Waals surface area contributed by atoms with Crippen molar-refractivity contribution < 1.29 is 0 Å². The molecule has 0 aromatic heterocycles. The lowest BCUT2D eigenvalue weighted by molar-refractivity contribution is 0.824. The maximum atomic E-state index is 6.18. The maximum Gasteiger partial charge on any atom is 0.109 e. The molecule has 0 saturated heterocycles. The van der Waals surface area contributed by atoms with Crippen LogP contribution in [0.3, 0.4) is 0 Å². The number of para-hydroxylation sites is 2. The topological polar surface area (TPSA) is 39.7 Å². The Morgan fingerprint density at radius 2 is 1.64 bits per heavy atom. The van der Waals surface area contributed by atoms with Crippen molar-refractivity contribution in [3.05, 3.63) is 106 Å². The predicted octanol–water partition coefficient (Wildman–Crippen LogP) is 7.67. The molecule has 6 heteroatoms. The second-order valence-corrected chi connectivity index (χ2v) is 8.85. The third-order valence-electron chi connectivity index (χ3n) is 5.69. The van der Waals surface area contributed by atoms with Crippen molar-refractivity contribution in [1.82, 2.24) is 0 Å². The number of anilines is 4. The summed E-state index contributed by atoms with van der Waals surface area (Å²) in [5, 5.41) is 8.67. The van der Waals surface area contributed by atoms with E-state index in [4.69, 9.17) is 28.2 Å². The summed E-state index contributed by atoms with van der Waals surface area (Å²) >= 11 is 12.3. The summed E-state index contributed by atoms with van der Waals surface area (Å²) in [6.45, 7) is 2.09. The van der Waals surface area contributed by atoms with Crippen LogP contribution in [0.1, 0.15) is 13.3 Å². The number of hydrogen-bond donors (Lipinski definition) is 2. The molecule has 5 rings (SSSR count). The van der Waals surface area contributed by atoms with Crippen molar-refractivity contribution in [2.24, 2.45) is 4.99 Å². The largest absolute Gasteiger partial charge is 0.372 e. The van der Waals surface area contributed by atoms with Gasteiger partial charge in [-0.05, 0) is 85.5 Å². The fourth-order valence-corrected chi connectivity index (χ4v) is 4.43. The molecule has 3 aromatic rings. The minimum atomic E-state index is -0.131. The van der Waals surface area contributed by atoms with Gasteiger partial charge in [-0.25, -0.2) is 0 Å². The van der Waals surface area contributed by atoms with Crippen LogP contribution in [0.4, 0.5) is 22.7 Å². The molecule has 0 radical (unpaired) electrons. The molecule has 2 N–H and O–H groups in total. The number of halogens is 2. The fourth-order valence-electron chi connectivity index (χ4n) is 4.18. The van der Waals surface area contributed by atoms with Crippen LogP contribution < -0.4 is 15.5 Å². The molecule has 166 valence electrons. The highest BCUT2D eigenvalue weighted by atomic mass is 35.5. The Morgan fingerprint density at radius 3 is 2.36 bits per heavy atom. The number of benzene rings is 3. The first-order valence-corrected chi connectivity index (χ1v) is 11.8. The Bertz CT molecular complexity index is 1230. The van der Waals surface area contributed by atoms with E-state index in [2.05, 4.69) is 64.9 Å². The lowest BCUT2D eigenvalue weighted by atomic mass is 9.94. The van der Waals surface area contributed by atoms with Gasteiger partial charge in [0, 0.05) is 32.8 Å². The molecule has 1 heterocycles. The van der Waals surface area contributed by atoms with Crippen molar-refractivity contribution in [2.75, 3.05) is 15.5 Å². The zero-order chi connectivity index (χ0) is 22.8. The van der Waals surface area contributed by atoms with Crippen LogP contribution in [0.5, 0.6) is 0 Å². The first-order valence-electron chi connectivity index (χ1n) is 11.0. The summed E-state index contributed by atoms with van der Waals surface area (Å²) in [5.41, 5.74) is 6.38. The normalized spacial score (nSPS) is 19.3. The van der Waals surface area contributed by atoms with Crippen LogP contribution in [0.2, 0.25) is 10.0 Å². The summed E-state index contributed by atoms with van der Waals surface area (Å²) in [7, 11) is 0. The van der Waals surface area contributed by atoms with Gasteiger partial charge in [-0.1, -0.05) is 42.3 Å². The number of nitrogens with zero attached hydrogens (tertiary/aromatic N) is 2. The standard InChI is InChI=1S/C27H24Cl2N4/c1-2-15-30-23-17-27-25(16-24(23)31-20-11-7-18(28)8-12-20)32-22-5-3-4-6-26(22)33(27)21-13-9-19(29)10-14-21/h3-17,23,25,31-32H,2H2,1H3/b30-15+/t23-,25?/m1/s1. The van der Waals surface area contributed by atoms with Crippen LogP contribution in [-0.4, -0.2) is 18.3 Å². The summed E-state index contributed by atoms with van der Waals surface area (Å²) in [4.78, 5) is 7.14. The average Bonchev–Trinajstić information content (AvgIpc) is 2.83. The van der Waals surface area contributed by atoms with Crippen molar-refractivity contribution >= 4 is 52.2 Å². The van der Waals surface area contributed by atoms with Gasteiger partial charge in [-0.15, -0.1) is 0 Å². The molecule has 2 atom stereocenters. The Morgan fingerprint density at radius 1 is 0.939 bits per heavy atom. The van der Waals surface area contributed by atoms with E-state index in [0.29, 0.717) is 5.02 Å². The smallest absolute Gasteiger partial charge is 0.109 e. The van der Waals surface area contributed by atoms with E-state index in [-0.39, 0.29) is 12.1 Å². The minimum absolute atomic E-state index is 0.0153. The van der Waals surface area contributed by atoms with Crippen LogP contribution in [0.25, 0.3) is 0 Å². The molecule has 4 nitrogen and oxygen atoms in total. The Balaban J connectivity index is 1.58. The number of fused-ring (bicyclic) bond motifs is 2. The summed E-state index contributed by atoms with van der Waals surface area (Å²) in [6, 6.07) is 23.9. The fraction of sp³-hybridized carbons (Fsp3) is 0.148. The van der Waals surface area contributed by atoms with Gasteiger partial charge < -0.3 is 15.5 Å².